The average molecular weight is 268 g/mol. The monoisotopic (exact) mass is 268 g/mol. The van der Waals surface area contributed by atoms with Crippen LogP contribution in [0, 0.1) is 11.8 Å². The van der Waals surface area contributed by atoms with Gasteiger partial charge in [-0.25, -0.2) is 5.10 Å². The van der Waals surface area contributed by atoms with Crippen molar-refractivity contribution in [3.63, 3.8) is 0 Å². The molecule has 0 unspecified atom stereocenters. The zero-order valence-electron chi connectivity index (χ0n) is 10.5. The molecule has 6 nitrogen and oxygen atoms in total. The highest BCUT2D eigenvalue weighted by Gasteiger charge is 2.07. The number of rotatable bonds is 2. The number of carbonyl (C=O) groups is 1. The van der Waals surface area contributed by atoms with Crippen molar-refractivity contribution in [2.24, 2.45) is 5.73 Å². The number of nitrogens with one attached hydrogen (secondary N) is 2. The second-order valence-electron chi connectivity index (χ2n) is 3.85. The first kappa shape index (κ1) is 13.5. The molecule has 1 heterocycles. The molecule has 1 aromatic carbocycles. The number of amides is 1. The van der Waals surface area contributed by atoms with E-state index in [4.69, 9.17) is 5.73 Å². The fourth-order valence-corrected chi connectivity index (χ4v) is 1.49. The van der Waals surface area contributed by atoms with Gasteiger partial charge in [0.25, 0.3) is 11.5 Å². The van der Waals surface area contributed by atoms with Crippen molar-refractivity contribution in [2.75, 3.05) is 11.9 Å². The molecule has 4 N–H and O–H groups in total. The van der Waals surface area contributed by atoms with Crippen molar-refractivity contribution in [3.05, 3.63) is 57.9 Å². The van der Waals surface area contributed by atoms with E-state index in [-0.39, 0.29) is 23.8 Å². The van der Waals surface area contributed by atoms with Crippen molar-refractivity contribution in [2.45, 2.75) is 0 Å². The highest BCUT2D eigenvalue weighted by Crippen LogP contribution is 2.07. The van der Waals surface area contributed by atoms with Gasteiger partial charge in [-0.2, -0.15) is 5.10 Å². The van der Waals surface area contributed by atoms with E-state index in [1.807, 2.05) is 0 Å². The molecule has 0 aliphatic carbocycles. The molecule has 0 spiro atoms. The van der Waals surface area contributed by atoms with Crippen LogP contribution in [-0.4, -0.2) is 22.6 Å². The number of hydrogen-bond donors (Lipinski definition) is 3. The summed E-state index contributed by atoms with van der Waals surface area (Å²) in [5.41, 5.74) is 6.12. The minimum atomic E-state index is -0.332. The maximum atomic E-state index is 12.0. The number of aromatic amines is 1. The molecule has 0 radical (unpaired) electrons. The highest BCUT2D eigenvalue weighted by atomic mass is 16.2. The minimum Gasteiger partial charge on any atom is -0.320 e. The number of nitrogens with zero attached hydrogens (tertiary/aromatic N) is 1. The first-order valence-corrected chi connectivity index (χ1v) is 5.85. The van der Waals surface area contributed by atoms with Crippen molar-refractivity contribution >= 4 is 11.7 Å². The van der Waals surface area contributed by atoms with Crippen molar-refractivity contribution in [3.8, 4) is 11.8 Å². The summed E-state index contributed by atoms with van der Waals surface area (Å²) in [6.45, 7) is 0.262. The van der Waals surface area contributed by atoms with E-state index >= 15 is 0 Å². The Bertz CT molecular complexity index is 720. The van der Waals surface area contributed by atoms with Crippen molar-refractivity contribution < 1.29 is 4.79 Å². The second-order valence-corrected chi connectivity index (χ2v) is 3.85. The summed E-state index contributed by atoms with van der Waals surface area (Å²) in [4.78, 5) is 22.9. The molecule has 2 rings (SSSR count). The van der Waals surface area contributed by atoms with Gasteiger partial charge in [0.1, 0.15) is 0 Å². The molecule has 1 amide bonds. The fraction of sp³-hybridized carbons (Fsp3) is 0.0714. The Morgan fingerprint density at radius 2 is 2.20 bits per heavy atom. The third kappa shape index (κ3) is 3.54. The van der Waals surface area contributed by atoms with E-state index in [0.29, 0.717) is 11.1 Å². The average Bonchev–Trinajstić information content (AvgIpc) is 2.48. The molecule has 0 saturated heterocycles. The van der Waals surface area contributed by atoms with Gasteiger partial charge in [-0.1, -0.05) is 17.9 Å². The number of benzene rings is 1. The molecule has 20 heavy (non-hydrogen) atoms. The van der Waals surface area contributed by atoms with Gasteiger partial charge in [0.2, 0.25) is 0 Å². The maximum absolute atomic E-state index is 12.0. The van der Waals surface area contributed by atoms with E-state index in [0.717, 1.165) is 0 Å². The topological polar surface area (TPSA) is 101 Å². The summed E-state index contributed by atoms with van der Waals surface area (Å²) < 4.78 is 0. The predicted octanol–water partition coefficient (Wildman–Crippen LogP) is 0.332. The number of hydrogen-bond acceptors (Lipinski definition) is 4. The van der Waals surface area contributed by atoms with Crippen LogP contribution in [0.3, 0.4) is 0 Å². The summed E-state index contributed by atoms with van der Waals surface area (Å²) in [7, 11) is 0. The molecule has 2 aromatic rings. The summed E-state index contributed by atoms with van der Waals surface area (Å²) >= 11 is 0. The molecular formula is C14H12N4O2. The second kappa shape index (κ2) is 6.31. The summed E-state index contributed by atoms with van der Waals surface area (Å²) in [6, 6.07) is 9.55. The van der Waals surface area contributed by atoms with E-state index in [2.05, 4.69) is 27.4 Å². The SMILES string of the molecule is NCC#Cc1cccc(C(=O)Nc2ccc(=O)[nH]n2)c1. The van der Waals surface area contributed by atoms with Crippen molar-refractivity contribution in [1.29, 1.82) is 0 Å². The third-order valence-corrected chi connectivity index (χ3v) is 2.38. The lowest BCUT2D eigenvalue weighted by molar-refractivity contribution is 0.102. The molecule has 100 valence electrons. The van der Waals surface area contributed by atoms with Crippen LogP contribution in [0.15, 0.2) is 41.2 Å². The van der Waals surface area contributed by atoms with Gasteiger partial charge in [-0.3, -0.25) is 9.59 Å². The first-order valence-electron chi connectivity index (χ1n) is 5.85. The Morgan fingerprint density at radius 3 is 2.90 bits per heavy atom. The first-order chi connectivity index (χ1) is 9.69. The standard InChI is InChI=1S/C14H12N4O2/c15-8-2-4-10-3-1-5-11(9-10)14(20)16-12-6-7-13(19)18-17-12/h1,3,5-7,9H,8,15H2,(H,18,19)(H,16,17,20). The van der Waals surface area contributed by atoms with Gasteiger partial charge in [0.15, 0.2) is 5.82 Å². The smallest absolute Gasteiger partial charge is 0.264 e. The Hall–Kier alpha value is -2.91. The van der Waals surface area contributed by atoms with E-state index < -0.39 is 0 Å². The fourth-order valence-electron chi connectivity index (χ4n) is 1.49. The van der Waals surface area contributed by atoms with E-state index in [9.17, 15) is 9.59 Å². The normalized spacial score (nSPS) is 9.45. The number of aromatic nitrogens is 2. The molecule has 0 fully saturated rings. The zero-order chi connectivity index (χ0) is 14.4. The lowest BCUT2D eigenvalue weighted by Gasteiger charge is -2.03. The van der Waals surface area contributed by atoms with Gasteiger partial charge in [0.05, 0.1) is 6.54 Å². The quantitative estimate of drug-likeness (QED) is 0.683. The van der Waals surface area contributed by atoms with Gasteiger partial charge >= 0.3 is 0 Å². The molecule has 0 bridgehead atoms. The molecule has 0 aliphatic rings. The zero-order valence-corrected chi connectivity index (χ0v) is 10.5. The third-order valence-electron chi connectivity index (χ3n) is 2.38. The Morgan fingerprint density at radius 1 is 1.35 bits per heavy atom. The molecule has 0 saturated carbocycles. The number of H-pyrrole nitrogens is 1. The Balaban J connectivity index is 2.16. The van der Waals surface area contributed by atoms with Crippen LogP contribution in [0.4, 0.5) is 5.82 Å². The van der Waals surface area contributed by atoms with Gasteiger partial charge in [-0.05, 0) is 24.3 Å². The van der Waals surface area contributed by atoms with E-state index in [1.54, 1.807) is 24.3 Å². The van der Waals surface area contributed by atoms with Crippen LogP contribution < -0.4 is 16.6 Å². The Kier molecular flexibility index (Phi) is 4.27. The van der Waals surface area contributed by atoms with Crippen LogP contribution in [0.2, 0.25) is 0 Å². The number of anilines is 1. The van der Waals surface area contributed by atoms with Crippen LogP contribution in [0.5, 0.6) is 0 Å². The summed E-state index contributed by atoms with van der Waals surface area (Å²) in [6.07, 6.45) is 0. The van der Waals surface area contributed by atoms with Crippen LogP contribution in [0.25, 0.3) is 0 Å². The highest BCUT2D eigenvalue weighted by molar-refractivity contribution is 6.03. The largest absolute Gasteiger partial charge is 0.320 e. The van der Waals surface area contributed by atoms with Crippen molar-refractivity contribution in [1.82, 2.24) is 10.2 Å². The van der Waals surface area contributed by atoms with Crippen LogP contribution in [-0.2, 0) is 0 Å². The summed E-state index contributed by atoms with van der Waals surface area (Å²) in [5, 5.41) is 8.52. The van der Waals surface area contributed by atoms with Gasteiger partial charge < -0.3 is 11.1 Å². The predicted molar refractivity (Wildman–Crippen MR) is 75.2 cm³/mol. The van der Waals surface area contributed by atoms with Crippen LogP contribution >= 0.6 is 0 Å². The number of carbonyl (C=O) groups excluding carboxylic acids is 1. The molecule has 0 atom stereocenters. The van der Waals surface area contributed by atoms with E-state index in [1.165, 1.54) is 12.1 Å². The van der Waals surface area contributed by atoms with Gasteiger partial charge in [0, 0.05) is 17.2 Å². The molecular weight excluding hydrogens is 256 g/mol. The van der Waals surface area contributed by atoms with Gasteiger partial charge in [-0.15, -0.1) is 0 Å². The lowest BCUT2D eigenvalue weighted by Crippen LogP contribution is -2.15. The molecule has 6 heteroatoms. The lowest BCUT2D eigenvalue weighted by atomic mass is 10.1. The molecule has 1 aromatic heterocycles. The summed E-state index contributed by atoms with van der Waals surface area (Å²) in [5.74, 6) is 5.51. The minimum absolute atomic E-state index is 0.262. The maximum Gasteiger partial charge on any atom is 0.264 e. The Labute approximate surface area is 115 Å². The molecule has 0 aliphatic heterocycles. The van der Waals surface area contributed by atoms with Crippen LogP contribution in [0.1, 0.15) is 15.9 Å². The number of nitrogens with two attached hydrogens (primary N) is 1.